The topological polar surface area (TPSA) is 45.2 Å². The molecule has 0 amide bonds. The normalized spacial score (nSPS) is 31.6. The number of aliphatic hydroxyl groups is 1. The second kappa shape index (κ2) is 11.8. The van der Waals surface area contributed by atoms with E-state index in [1.807, 2.05) is 12.1 Å². The fraction of sp³-hybridized carbons (Fsp3) is 0.769. The van der Waals surface area contributed by atoms with Crippen molar-refractivity contribution in [1.29, 1.82) is 0 Å². The molecule has 1 N–H and O–H groups in total. The van der Waals surface area contributed by atoms with Gasteiger partial charge in [-0.2, -0.15) is 0 Å². The van der Waals surface area contributed by atoms with Gasteiger partial charge in [-0.1, -0.05) is 12.1 Å². The number of hydrogen-bond donors (Lipinski definition) is 1. The highest BCUT2D eigenvalue weighted by Crippen LogP contribution is 2.61. The minimum atomic E-state index is -0.394. The fourth-order valence-electron chi connectivity index (χ4n) is 7.52. The summed E-state index contributed by atoms with van der Waals surface area (Å²) in [5.41, 5.74) is 1.74. The van der Waals surface area contributed by atoms with E-state index in [0.29, 0.717) is 18.6 Å². The van der Waals surface area contributed by atoms with Gasteiger partial charge in [-0.15, -0.1) is 0 Å². The van der Waals surface area contributed by atoms with Gasteiger partial charge in [0.25, 0.3) is 0 Å². The minimum absolute atomic E-state index is 0. The lowest BCUT2D eigenvalue weighted by Gasteiger charge is -2.57. The van der Waals surface area contributed by atoms with Crippen LogP contribution in [0.3, 0.4) is 0 Å². The summed E-state index contributed by atoms with van der Waals surface area (Å²) in [6, 6.07) is 8.22. The Bertz CT molecular complexity index is 707. The molecule has 5 fully saturated rings. The van der Waals surface area contributed by atoms with Crippen molar-refractivity contribution in [1.82, 2.24) is 4.90 Å². The molecule has 188 valence electrons. The largest absolute Gasteiger partial charge is 1.00 e. The molecule has 5 nitrogen and oxygen atoms in total. The lowest BCUT2D eigenvalue weighted by Crippen LogP contribution is -3.00. The van der Waals surface area contributed by atoms with Gasteiger partial charge in [-0.05, 0) is 80.2 Å². The van der Waals surface area contributed by atoms with Gasteiger partial charge in [-0.3, -0.25) is 4.90 Å². The van der Waals surface area contributed by atoms with Gasteiger partial charge >= 0.3 is 0 Å². The quantitative estimate of drug-likeness (QED) is 0.392. The van der Waals surface area contributed by atoms with E-state index in [1.54, 1.807) is 7.11 Å². The number of nitrogens with zero attached hydrogens (tertiary/aromatic N) is 2. The van der Waals surface area contributed by atoms with E-state index >= 15 is 0 Å². The van der Waals surface area contributed by atoms with Crippen molar-refractivity contribution in [2.45, 2.75) is 51.0 Å². The van der Waals surface area contributed by atoms with Crippen molar-refractivity contribution in [2.75, 3.05) is 57.9 Å². The summed E-state index contributed by atoms with van der Waals surface area (Å²) < 4.78 is 11.5. The lowest BCUT2D eigenvalue weighted by atomic mass is 9.49. The number of aliphatic hydroxyl groups excluding tert-OH is 1. The van der Waals surface area contributed by atoms with Crippen molar-refractivity contribution >= 4 is 5.69 Å². The number of piperazine rings is 1. The monoisotopic (exact) mass is 498 g/mol. The van der Waals surface area contributed by atoms with Gasteiger partial charge in [0.1, 0.15) is 5.75 Å². The number of hydrogen-bond acceptors (Lipinski definition) is 5. The van der Waals surface area contributed by atoms with Gasteiger partial charge in [0.2, 0.25) is 0 Å². The molecule has 1 aromatic carbocycles. The molecule has 5 aliphatic rings. The third-order valence-electron chi connectivity index (χ3n) is 8.52. The van der Waals surface area contributed by atoms with Crippen molar-refractivity contribution < 1.29 is 39.4 Å². The van der Waals surface area contributed by atoms with E-state index in [1.165, 1.54) is 50.6 Å². The predicted molar refractivity (Wildman–Crippen MR) is 124 cm³/mol. The van der Waals surface area contributed by atoms with E-state index in [-0.39, 0.29) is 24.8 Å². The second-order valence-corrected chi connectivity index (χ2v) is 10.9. The van der Waals surface area contributed by atoms with E-state index in [2.05, 4.69) is 21.9 Å². The van der Waals surface area contributed by atoms with Crippen LogP contribution in [-0.4, -0.2) is 69.2 Å². The molecule has 4 aliphatic carbocycles. The van der Waals surface area contributed by atoms with Crippen LogP contribution < -0.4 is 34.5 Å². The van der Waals surface area contributed by atoms with Crippen LogP contribution in [0.25, 0.3) is 0 Å². The summed E-state index contributed by atoms with van der Waals surface area (Å²) in [4.78, 5) is 4.74. The van der Waals surface area contributed by atoms with Gasteiger partial charge in [-0.25, -0.2) is 0 Å². The average Bonchev–Trinajstić information content (AvgIpc) is 2.76. The third-order valence-corrected chi connectivity index (χ3v) is 8.52. The number of para-hydroxylation sites is 2. The zero-order valence-corrected chi connectivity index (χ0v) is 21.4. The number of ether oxygens (including phenoxy) is 2. The van der Waals surface area contributed by atoms with Gasteiger partial charge in [0.05, 0.1) is 25.5 Å². The highest BCUT2D eigenvalue weighted by molar-refractivity contribution is 5.58. The second-order valence-electron chi connectivity index (χ2n) is 10.9. The van der Waals surface area contributed by atoms with E-state index in [9.17, 15) is 5.11 Å². The first-order valence-electron chi connectivity index (χ1n) is 12.5. The molecular formula is C26H40Cl2N2O3-2. The number of anilines is 1. The van der Waals surface area contributed by atoms with Crippen LogP contribution in [-0.2, 0) is 4.74 Å². The van der Waals surface area contributed by atoms with Gasteiger partial charge < -0.3 is 44.3 Å². The Morgan fingerprint density at radius 2 is 1.58 bits per heavy atom. The van der Waals surface area contributed by atoms with Gasteiger partial charge in [0, 0.05) is 39.3 Å². The van der Waals surface area contributed by atoms with Crippen molar-refractivity contribution in [3.63, 3.8) is 0 Å². The maximum Gasteiger partial charge on any atom is 0.142 e. The summed E-state index contributed by atoms with van der Waals surface area (Å²) in [6.45, 7) is 5.84. The molecule has 0 aromatic heterocycles. The van der Waals surface area contributed by atoms with Gasteiger partial charge in [0.15, 0.2) is 0 Å². The summed E-state index contributed by atoms with van der Waals surface area (Å²) in [7, 11) is 1.73. The molecule has 0 spiro atoms. The SMILES string of the molecule is COc1ccccc1N1CCN(CC(O)COCCC23CC4CC(CC(C4)C2)C3)CC1.[Cl-].[Cl-]. The standard InChI is InChI=1S/C26H40N2O3.2ClH/c1-30-25-5-3-2-4-24(25)28-9-7-27(8-10-28)18-23(29)19-31-11-6-26-15-20-12-21(16-26)14-22(13-20)17-26;;/h2-5,20-23,29H,6-19H2,1H3;2*1H/p-2. The zero-order valence-electron chi connectivity index (χ0n) is 19.9. The molecule has 0 radical (unpaired) electrons. The molecule has 1 aromatic rings. The van der Waals surface area contributed by atoms with Crippen LogP contribution in [0, 0.1) is 23.2 Å². The number of benzene rings is 1. The lowest BCUT2D eigenvalue weighted by molar-refractivity contribution is -0.0741. The zero-order chi connectivity index (χ0) is 21.3. The fourth-order valence-corrected chi connectivity index (χ4v) is 7.52. The molecule has 1 heterocycles. The Morgan fingerprint density at radius 1 is 0.970 bits per heavy atom. The Hall–Kier alpha value is -0.720. The van der Waals surface area contributed by atoms with Crippen molar-refractivity contribution in [3.05, 3.63) is 24.3 Å². The van der Waals surface area contributed by atoms with Crippen LogP contribution in [0.2, 0.25) is 0 Å². The number of halogens is 2. The number of rotatable bonds is 9. The van der Waals surface area contributed by atoms with E-state index in [4.69, 9.17) is 9.47 Å². The van der Waals surface area contributed by atoms with E-state index < -0.39 is 6.10 Å². The van der Waals surface area contributed by atoms with E-state index in [0.717, 1.165) is 56.3 Å². The number of β-amino-alcohol motifs (C(OH)–C–C–N with tert-alkyl or cyclic N) is 1. The first kappa shape index (κ1) is 26.9. The third kappa shape index (κ3) is 6.29. The van der Waals surface area contributed by atoms with Crippen LogP contribution in [0.1, 0.15) is 44.9 Å². The Morgan fingerprint density at radius 3 is 2.18 bits per heavy atom. The van der Waals surface area contributed by atoms with Crippen LogP contribution in [0.4, 0.5) is 5.69 Å². The molecule has 1 aliphatic heterocycles. The molecule has 4 bridgehead atoms. The summed E-state index contributed by atoms with van der Waals surface area (Å²) in [5.74, 6) is 3.95. The Balaban J connectivity index is 0.00000153. The molecule has 6 rings (SSSR count). The minimum Gasteiger partial charge on any atom is -1.00 e. The average molecular weight is 500 g/mol. The highest BCUT2D eigenvalue weighted by atomic mass is 35.5. The maximum atomic E-state index is 10.5. The molecule has 7 heteroatoms. The molecular weight excluding hydrogens is 459 g/mol. The summed E-state index contributed by atoms with van der Waals surface area (Å²) in [5, 5.41) is 10.5. The first-order chi connectivity index (χ1) is 15.1. The molecule has 33 heavy (non-hydrogen) atoms. The summed E-state index contributed by atoms with van der Waals surface area (Å²) >= 11 is 0. The van der Waals surface area contributed by atoms with Crippen molar-refractivity contribution in [2.24, 2.45) is 23.2 Å². The molecule has 1 atom stereocenters. The maximum absolute atomic E-state index is 10.5. The van der Waals surface area contributed by atoms with Crippen LogP contribution in [0.15, 0.2) is 24.3 Å². The molecule has 1 saturated heterocycles. The Labute approximate surface area is 212 Å². The number of methoxy groups -OCH3 is 1. The van der Waals surface area contributed by atoms with Crippen LogP contribution >= 0.6 is 0 Å². The smallest absolute Gasteiger partial charge is 0.142 e. The van der Waals surface area contributed by atoms with Crippen LogP contribution in [0.5, 0.6) is 5.75 Å². The Kier molecular flexibility index (Phi) is 9.62. The molecule has 4 saturated carbocycles. The highest BCUT2D eigenvalue weighted by Gasteiger charge is 2.50. The summed E-state index contributed by atoms with van der Waals surface area (Å²) in [6.07, 6.45) is 9.66. The first-order valence-corrected chi connectivity index (χ1v) is 12.5. The van der Waals surface area contributed by atoms with Crippen molar-refractivity contribution in [3.8, 4) is 5.75 Å². The predicted octanol–water partition coefficient (Wildman–Crippen LogP) is -2.19. The molecule has 1 unspecified atom stereocenters.